The van der Waals surface area contributed by atoms with E-state index in [0.717, 1.165) is 30.9 Å². The molecule has 6 nitrogen and oxygen atoms in total. The average molecular weight is 334 g/mol. The lowest BCUT2D eigenvalue weighted by Crippen LogP contribution is -2.30. The predicted octanol–water partition coefficient (Wildman–Crippen LogP) is 3.08. The maximum atomic E-state index is 6.22. The Balaban J connectivity index is 1.39. The summed E-state index contributed by atoms with van der Waals surface area (Å²) in [7, 11) is 0. The van der Waals surface area contributed by atoms with E-state index >= 15 is 0 Å². The first-order valence-electron chi connectivity index (χ1n) is 8.48. The molecule has 2 aliphatic heterocycles. The molecular formula is C19H18N4O2. The minimum atomic E-state index is -0.194. The Hall–Kier alpha value is -2.73. The van der Waals surface area contributed by atoms with Gasteiger partial charge in [-0.25, -0.2) is 4.98 Å². The van der Waals surface area contributed by atoms with Crippen LogP contribution in [0.4, 0.5) is 5.82 Å². The maximum absolute atomic E-state index is 6.22. The SMILES string of the molecule is Cc1noc(-c2ccc(N3CCC4(C3)OCc3ccccc34)nc2)n1. The number of benzene rings is 1. The predicted molar refractivity (Wildman–Crippen MR) is 92.0 cm³/mol. The highest BCUT2D eigenvalue weighted by molar-refractivity contribution is 5.55. The number of aryl methyl sites for hydroxylation is 1. The highest BCUT2D eigenvalue weighted by Gasteiger charge is 2.45. The van der Waals surface area contributed by atoms with Crippen molar-refractivity contribution in [3.8, 4) is 11.5 Å². The van der Waals surface area contributed by atoms with Crippen molar-refractivity contribution in [1.29, 1.82) is 0 Å². The molecule has 0 N–H and O–H groups in total. The Bertz CT molecular complexity index is 921. The van der Waals surface area contributed by atoms with E-state index in [0.29, 0.717) is 18.3 Å². The molecule has 1 saturated heterocycles. The summed E-state index contributed by atoms with van der Waals surface area (Å²) in [5.74, 6) is 2.07. The number of ether oxygens (including phenoxy) is 1. The van der Waals surface area contributed by atoms with Crippen molar-refractivity contribution in [2.75, 3.05) is 18.0 Å². The van der Waals surface area contributed by atoms with Gasteiger partial charge in [0.15, 0.2) is 5.82 Å². The van der Waals surface area contributed by atoms with Crippen LogP contribution >= 0.6 is 0 Å². The number of anilines is 1. The number of fused-ring (bicyclic) bond motifs is 2. The Morgan fingerprint density at radius 3 is 2.88 bits per heavy atom. The van der Waals surface area contributed by atoms with E-state index in [4.69, 9.17) is 9.26 Å². The van der Waals surface area contributed by atoms with Gasteiger partial charge in [-0.05, 0) is 36.6 Å². The Labute approximate surface area is 145 Å². The summed E-state index contributed by atoms with van der Waals surface area (Å²) in [6.07, 6.45) is 2.77. The quantitative estimate of drug-likeness (QED) is 0.718. The molecule has 1 fully saturated rings. The van der Waals surface area contributed by atoms with Gasteiger partial charge >= 0.3 is 0 Å². The molecule has 5 rings (SSSR count). The molecule has 1 aromatic carbocycles. The average Bonchev–Trinajstić information content (AvgIpc) is 3.36. The summed E-state index contributed by atoms with van der Waals surface area (Å²) in [5, 5.41) is 3.82. The summed E-state index contributed by atoms with van der Waals surface area (Å²) in [6, 6.07) is 12.5. The topological polar surface area (TPSA) is 64.3 Å². The Morgan fingerprint density at radius 2 is 2.08 bits per heavy atom. The second kappa shape index (κ2) is 5.39. The second-order valence-electron chi connectivity index (χ2n) is 6.66. The zero-order valence-corrected chi connectivity index (χ0v) is 14.0. The Kier molecular flexibility index (Phi) is 3.15. The third-order valence-corrected chi connectivity index (χ3v) is 5.09. The summed E-state index contributed by atoms with van der Waals surface area (Å²) in [4.78, 5) is 11.1. The second-order valence-corrected chi connectivity index (χ2v) is 6.66. The van der Waals surface area contributed by atoms with Gasteiger partial charge in [0, 0.05) is 12.7 Å². The highest BCUT2D eigenvalue weighted by Crippen LogP contribution is 2.44. The van der Waals surface area contributed by atoms with Crippen LogP contribution in [0.15, 0.2) is 47.1 Å². The first-order valence-corrected chi connectivity index (χ1v) is 8.48. The molecule has 0 radical (unpaired) electrons. The summed E-state index contributed by atoms with van der Waals surface area (Å²) < 4.78 is 11.4. The number of rotatable bonds is 2. The standard InChI is InChI=1S/C19H18N4O2/c1-13-21-18(25-22-13)14-6-7-17(20-10-14)23-9-8-19(12-23)16-5-3-2-4-15(16)11-24-19/h2-7,10H,8-9,11-12H2,1H3. The lowest BCUT2D eigenvalue weighted by Gasteiger charge is -2.25. The van der Waals surface area contributed by atoms with Gasteiger partial charge in [0.25, 0.3) is 5.89 Å². The molecule has 0 amide bonds. The molecule has 0 aliphatic carbocycles. The molecule has 25 heavy (non-hydrogen) atoms. The number of hydrogen-bond acceptors (Lipinski definition) is 6. The molecule has 2 aromatic heterocycles. The fourth-order valence-electron chi connectivity index (χ4n) is 3.81. The van der Waals surface area contributed by atoms with Crippen LogP contribution < -0.4 is 4.90 Å². The van der Waals surface area contributed by atoms with Gasteiger partial charge in [-0.2, -0.15) is 4.98 Å². The fourth-order valence-corrected chi connectivity index (χ4v) is 3.81. The van der Waals surface area contributed by atoms with E-state index in [1.165, 1.54) is 11.1 Å². The van der Waals surface area contributed by atoms with E-state index < -0.39 is 0 Å². The van der Waals surface area contributed by atoms with Crippen LogP contribution in [0, 0.1) is 6.92 Å². The Morgan fingerprint density at radius 1 is 1.16 bits per heavy atom. The first-order chi connectivity index (χ1) is 12.2. The van der Waals surface area contributed by atoms with E-state index in [9.17, 15) is 0 Å². The molecule has 4 heterocycles. The number of nitrogens with zero attached hydrogens (tertiary/aromatic N) is 4. The minimum Gasteiger partial charge on any atom is -0.364 e. The van der Waals surface area contributed by atoms with E-state index in [1.807, 2.05) is 12.1 Å². The van der Waals surface area contributed by atoms with Crippen LogP contribution in [0.1, 0.15) is 23.4 Å². The van der Waals surface area contributed by atoms with Crippen LogP contribution in [0.2, 0.25) is 0 Å². The summed E-state index contributed by atoms with van der Waals surface area (Å²) in [5.41, 5.74) is 3.27. The molecule has 1 spiro atoms. The van der Waals surface area contributed by atoms with E-state index in [2.05, 4.69) is 44.3 Å². The van der Waals surface area contributed by atoms with Crippen LogP contribution in [-0.4, -0.2) is 28.2 Å². The lowest BCUT2D eigenvalue weighted by molar-refractivity contribution is -0.0205. The third kappa shape index (κ3) is 2.33. The number of pyridine rings is 1. The third-order valence-electron chi connectivity index (χ3n) is 5.09. The van der Waals surface area contributed by atoms with Crippen LogP contribution in [0.25, 0.3) is 11.5 Å². The number of aromatic nitrogens is 3. The van der Waals surface area contributed by atoms with Gasteiger partial charge in [-0.3, -0.25) is 0 Å². The largest absolute Gasteiger partial charge is 0.364 e. The molecule has 1 atom stereocenters. The highest BCUT2D eigenvalue weighted by atomic mass is 16.5. The molecule has 1 unspecified atom stereocenters. The zero-order chi connectivity index (χ0) is 16.9. The van der Waals surface area contributed by atoms with Crippen molar-refractivity contribution >= 4 is 5.82 Å². The van der Waals surface area contributed by atoms with Crippen molar-refractivity contribution in [1.82, 2.24) is 15.1 Å². The van der Waals surface area contributed by atoms with Crippen molar-refractivity contribution in [2.24, 2.45) is 0 Å². The van der Waals surface area contributed by atoms with Crippen molar-refractivity contribution < 1.29 is 9.26 Å². The van der Waals surface area contributed by atoms with Gasteiger partial charge in [0.05, 0.1) is 18.7 Å². The first kappa shape index (κ1) is 14.6. The molecule has 0 saturated carbocycles. The summed E-state index contributed by atoms with van der Waals surface area (Å²) >= 11 is 0. The molecule has 2 aliphatic rings. The van der Waals surface area contributed by atoms with Gasteiger partial charge in [0.1, 0.15) is 11.4 Å². The number of hydrogen-bond donors (Lipinski definition) is 0. The monoisotopic (exact) mass is 334 g/mol. The van der Waals surface area contributed by atoms with E-state index in [1.54, 1.807) is 13.1 Å². The van der Waals surface area contributed by atoms with Crippen molar-refractivity contribution in [2.45, 2.75) is 25.6 Å². The molecule has 0 bridgehead atoms. The van der Waals surface area contributed by atoms with E-state index in [-0.39, 0.29) is 5.60 Å². The van der Waals surface area contributed by atoms with Crippen molar-refractivity contribution in [3.05, 3.63) is 59.5 Å². The maximum Gasteiger partial charge on any atom is 0.259 e. The summed E-state index contributed by atoms with van der Waals surface area (Å²) in [6.45, 7) is 4.27. The van der Waals surface area contributed by atoms with Crippen LogP contribution in [0.3, 0.4) is 0 Å². The lowest BCUT2D eigenvalue weighted by atomic mass is 9.92. The van der Waals surface area contributed by atoms with Crippen LogP contribution in [-0.2, 0) is 16.9 Å². The van der Waals surface area contributed by atoms with Crippen molar-refractivity contribution in [3.63, 3.8) is 0 Å². The fraction of sp³-hybridized carbons (Fsp3) is 0.316. The minimum absolute atomic E-state index is 0.194. The molecule has 6 heteroatoms. The molecule has 126 valence electrons. The normalized spacial score (nSPS) is 21.9. The van der Waals surface area contributed by atoms with Gasteiger partial charge < -0.3 is 14.2 Å². The van der Waals surface area contributed by atoms with Crippen LogP contribution in [0.5, 0.6) is 0 Å². The van der Waals surface area contributed by atoms with Gasteiger partial charge in [-0.1, -0.05) is 29.4 Å². The molecular weight excluding hydrogens is 316 g/mol. The molecule has 3 aromatic rings. The van der Waals surface area contributed by atoms with Gasteiger partial charge in [0.2, 0.25) is 0 Å². The smallest absolute Gasteiger partial charge is 0.259 e. The zero-order valence-electron chi connectivity index (χ0n) is 14.0. The van der Waals surface area contributed by atoms with Gasteiger partial charge in [-0.15, -0.1) is 0 Å².